The van der Waals surface area contributed by atoms with Crippen LogP contribution in [0.3, 0.4) is 0 Å². The molecule has 3 rings (SSSR count). The Morgan fingerprint density at radius 2 is 1.92 bits per heavy atom. The summed E-state index contributed by atoms with van der Waals surface area (Å²) in [6.07, 6.45) is 0. The minimum atomic E-state index is 0.577. The molecule has 2 aromatic carbocycles. The zero-order valence-corrected chi connectivity index (χ0v) is 14.5. The Morgan fingerprint density at radius 1 is 1.04 bits per heavy atom. The van der Waals surface area contributed by atoms with Crippen LogP contribution in [0.5, 0.6) is 5.75 Å². The second-order valence-electron chi connectivity index (χ2n) is 5.26. The van der Waals surface area contributed by atoms with Crippen LogP contribution in [0, 0.1) is 0 Å². The topological polar surface area (TPSA) is 45.7 Å². The first-order valence-electron chi connectivity index (χ1n) is 7.94. The highest BCUT2D eigenvalue weighted by Crippen LogP contribution is 2.24. The highest BCUT2D eigenvalue weighted by Gasteiger charge is 2.02. The van der Waals surface area contributed by atoms with Crippen molar-refractivity contribution >= 4 is 28.1 Å². The van der Waals surface area contributed by atoms with Crippen LogP contribution < -0.4 is 15.4 Å². The lowest BCUT2D eigenvalue weighted by molar-refractivity contribution is 0.325. The fourth-order valence-electron chi connectivity index (χ4n) is 2.46. The fourth-order valence-corrected chi connectivity index (χ4v) is 3.10. The van der Waals surface area contributed by atoms with Crippen molar-refractivity contribution in [3.05, 3.63) is 64.9 Å². The van der Waals surface area contributed by atoms with Crippen molar-refractivity contribution in [3.8, 4) is 5.75 Å². The molecule has 0 aliphatic heterocycles. The smallest absolute Gasteiger partial charge is 0.191 e. The monoisotopic (exact) mass is 339 g/mol. The summed E-state index contributed by atoms with van der Waals surface area (Å²) in [6.45, 7) is 2.04. The van der Waals surface area contributed by atoms with Crippen molar-refractivity contribution in [3.63, 3.8) is 0 Å². The molecule has 0 saturated carbocycles. The van der Waals surface area contributed by atoms with Crippen LogP contribution in [0.1, 0.15) is 4.88 Å². The zero-order chi connectivity index (χ0) is 16.6. The van der Waals surface area contributed by atoms with Crippen molar-refractivity contribution in [1.82, 2.24) is 10.6 Å². The predicted molar refractivity (Wildman–Crippen MR) is 102 cm³/mol. The van der Waals surface area contributed by atoms with E-state index >= 15 is 0 Å². The maximum Gasteiger partial charge on any atom is 0.191 e. The molecule has 0 amide bonds. The second-order valence-corrected chi connectivity index (χ2v) is 6.29. The van der Waals surface area contributed by atoms with E-state index in [1.807, 2.05) is 24.3 Å². The number of hydrogen-bond donors (Lipinski definition) is 2. The van der Waals surface area contributed by atoms with Crippen LogP contribution in [-0.4, -0.2) is 26.2 Å². The van der Waals surface area contributed by atoms with Crippen molar-refractivity contribution in [2.24, 2.45) is 4.99 Å². The van der Waals surface area contributed by atoms with E-state index in [1.165, 1.54) is 10.3 Å². The standard InChI is InChI=1S/C19H21N3OS/c1-20-19(22-14-16-8-5-13-24-16)21-11-12-23-18-10-4-7-15-6-2-3-9-17(15)18/h2-10,13H,11-12,14H2,1H3,(H2,20,21,22). The first kappa shape index (κ1) is 16.3. The molecule has 0 saturated heterocycles. The Balaban J connectivity index is 1.47. The largest absolute Gasteiger partial charge is 0.491 e. The number of nitrogens with zero attached hydrogens (tertiary/aromatic N) is 1. The first-order valence-corrected chi connectivity index (χ1v) is 8.82. The summed E-state index contributed by atoms with van der Waals surface area (Å²) in [5, 5.41) is 11.0. The van der Waals surface area contributed by atoms with E-state index in [1.54, 1.807) is 18.4 Å². The molecule has 0 bridgehead atoms. The van der Waals surface area contributed by atoms with Gasteiger partial charge in [0.05, 0.1) is 13.1 Å². The molecule has 24 heavy (non-hydrogen) atoms. The molecular weight excluding hydrogens is 318 g/mol. The van der Waals surface area contributed by atoms with Gasteiger partial charge in [0.2, 0.25) is 0 Å². The number of nitrogens with one attached hydrogen (secondary N) is 2. The molecule has 0 aliphatic carbocycles. The lowest BCUT2D eigenvalue weighted by Crippen LogP contribution is -2.38. The van der Waals surface area contributed by atoms with Crippen LogP contribution in [0.2, 0.25) is 0 Å². The quantitative estimate of drug-likeness (QED) is 0.409. The van der Waals surface area contributed by atoms with Crippen molar-refractivity contribution in [2.75, 3.05) is 20.2 Å². The average Bonchev–Trinajstić information content (AvgIpc) is 3.15. The summed E-state index contributed by atoms with van der Waals surface area (Å²) in [7, 11) is 1.77. The molecule has 0 unspecified atom stereocenters. The molecule has 0 atom stereocenters. The summed E-state index contributed by atoms with van der Waals surface area (Å²) in [4.78, 5) is 5.51. The SMILES string of the molecule is CN=C(NCCOc1cccc2ccccc12)NCc1cccs1. The third-order valence-corrected chi connectivity index (χ3v) is 4.51. The Hall–Kier alpha value is -2.53. The van der Waals surface area contributed by atoms with E-state index in [2.05, 4.69) is 51.3 Å². The third-order valence-electron chi connectivity index (χ3n) is 3.64. The molecule has 4 nitrogen and oxygen atoms in total. The van der Waals surface area contributed by atoms with Crippen molar-refractivity contribution in [1.29, 1.82) is 0 Å². The number of hydrogen-bond acceptors (Lipinski definition) is 3. The van der Waals surface area contributed by atoms with Gasteiger partial charge in [0.25, 0.3) is 0 Å². The van der Waals surface area contributed by atoms with Crippen molar-refractivity contribution < 1.29 is 4.74 Å². The van der Waals surface area contributed by atoms with Gasteiger partial charge in [-0.3, -0.25) is 4.99 Å². The molecule has 3 aromatic rings. The average molecular weight is 339 g/mol. The van der Waals surface area contributed by atoms with Gasteiger partial charge < -0.3 is 15.4 Å². The Morgan fingerprint density at radius 3 is 2.75 bits per heavy atom. The molecular formula is C19H21N3OS. The lowest BCUT2D eigenvalue weighted by atomic mass is 10.1. The minimum Gasteiger partial charge on any atom is -0.491 e. The lowest BCUT2D eigenvalue weighted by Gasteiger charge is -2.13. The van der Waals surface area contributed by atoms with Gasteiger partial charge >= 0.3 is 0 Å². The van der Waals surface area contributed by atoms with Crippen molar-refractivity contribution in [2.45, 2.75) is 6.54 Å². The summed E-state index contributed by atoms with van der Waals surface area (Å²) < 4.78 is 5.92. The Kier molecular flexibility index (Phi) is 5.69. The van der Waals surface area contributed by atoms with Crippen LogP contribution in [0.4, 0.5) is 0 Å². The predicted octanol–water partition coefficient (Wildman–Crippen LogP) is 3.65. The third kappa shape index (κ3) is 4.26. The molecule has 5 heteroatoms. The van der Waals surface area contributed by atoms with E-state index in [0.29, 0.717) is 13.2 Å². The number of aliphatic imine (C=N–C) groups is 1. The van der Waals surface area contributed by atoms with Gasteiger partial charge in [-0.2, -0.15) is 0 Å². The number of benzene rings is 2. The fraction of sp³-hybridized carbons (Fsp3) is 0.211. The molecule has 0 radical (unpaired) electrons. The summed E-state index contributed by atoms with van der Waals surface area (Å²) >= 11 is 1.73. The zero-order valence-electron chi connectivity index (χ0n) is 13.7. The van der Waals surface area contributed by atoms with Crippen LogP contribution >= 0.6 is 11.3 Å². The van der Waals surface area contributed by atoms with Crippen LogP contribution in [0.25, 0.3) is 10.8 Å². The summed E-state index contributed by atoms with van der Waals surface area (Å²) in [6, 6.07) is 18.5. The number of fused-ring (bicyclic) bond motifs is 1. The van der Waals surface area contributed by atoms with Gasteiger partial charge in [-0.05, 0) is 22.9 Å². The minimum absolute atomic E-state index is 0.577. The van der Waals surface area contributed by atoms with E-state index in [4.69, 9.17) is 4.74 Å². The molecule has 124 valence electrons. The summed E-state index contributed by atoms with van der Waals surface area (Å²) in [5.74, 6) is 1.70. The molecule has 0 spiro atoms. The van der Waals surface area contributed by atoms with E-state index in [0.717, 1.165) is 23.6 Å². The van der Waals surface area contributed by atoms with Gasteiger partial charge in [0.1, 0.15) is 12.4 Å². The maximum atomic E-state index is 5.92. The maximum absolute atomic E-state index is 5.92. The number of rotatable bonds is 6. The Bertz CT molecular complexity index is 794. The van der Waals surface area contributed by atoms with Crippen LogP contribution in [-0.2, 0) is 6.54 Å². The molecule has 0 fully saturated rings. The molecule has 1 aromatic heterocycles. The van der Waals surface area contributed by atoms with Gasteiger partial charge in [0.15, 0.2) is 5.96 Å². The highest BCUT2D eigenvalue weighted by atomic mass is 32.1. The molecule has 0 aliphatic rings. The number of ether oxygens (including phenoxy) is 1. The molecule has 1 heterocycles. The van der Waals surface area contributed by atoms with Gasteiger partial charge in [-0.15, -0.1) is 11.3 Å². The Labute approximate surface area is 146 Å². The summed E-state index contributed by atoms with van der Waals surface area (Å²) in [5.41, 5.74) is 0. The number of thiophene rings is 1. The van der Waals surface area contributed by atoms with Gasteiger partial charge in [0, 0.05) is 17.3 Å². The second kappa shape index (κ2) is 8.36. The van der Waals surface area contributed by atoms with E-state index in [-0.39, 0.29) is 0 Å². The highest BCUT2D eigenvalue weighted by molar-refractivity contribution is 7.09. The molecule has 2 N–H and O–H groups in total. The van der Waals surface area contributed by atoms with Gasteiger partial charge in [-0.1, -0.05) is 42.5 Å². The van der Waals surface area contributed by atoms with Crippen LogP contribution in [0.15, 0.2) is 65.0 Å². The number of guanidine groups is 1. The van der Waals surface area contributed by atoms with E-state index in [9.17, 15) is 0 Å². The van der Waals surface area contributed by atoms with Gasteiger partial charge in [-0.25, -0.2) is 0 Å². The normalized spacial score (nSPS) is 11.5. The van der Waals surface area contributed by atoms with E-state index < -0.39 is 0 Å². The first-order chi connectivity index (χ1) is 11.9.